The first kappa shape index (κ1) is 30.4. The number of unbranched alkanes of at least 4 members (excludes halogenated alkanes) is 2. The third kappa shape index (κ3) is 5.81. The lowest BCUT2D eigenvalue weighted by Crippen LogP contribution is -2.68. The van der Waals surface area contributed by atoms with E-state index in [0.717, 1.165) is 66.0 Å². The van der Waals surface area contributed by atoms with Gasteiger partial charge < -0.3 is 28.7 Å². The van der Waals surface area contributed by atoms with Gasteiger partial charge in [0.15, 0.2) is 34.4 Å². The number of nitrogens with zero attached hydrogens (tertiary/aromatic N) is 2. The Morgan fingerprint density at radius 3 is 1.51 bits per heavy atom. The number of carbonyl (C=O) groups is 2. The summed E-state index contributed by atoms with van der Waals surface area (Å²) >= 11 is 0. The van der Waals surface area contributed by atoms with Gasteiger partial charge in [0.1, 0.15) is 23.2 Å². The molecule has 4 aliphatic heterocycles. The zero-order chi connectivity index (χ0) is 31.8. The zero-order valence-electron chi connectivity index (χ0n) is 26.6. The summed E-state index contributed by atoms with van der Waals surface area (Å²) in [6.45, 7) is 14.3. The van der Waals surface area contributed by atoms with E-state index >= 15 is 0 Å². The summed E-state index contributed by atoms with van der Waals surface area (Å²) < 4.78 is 23.4. The van der Waals surface area contributed by atoms with Crippen molar-refractivity contribution in [3.63, 3.8) is 0 Å². The van der Waals surface area contributed by atoms with Gasteiger partial charge in [0.05, 0.1) is 39.6 Å². The number of methoxy groups -OCH3 is 2. The van der Waals surface area contributed by atoms with E-state index in [2.05, 4.69) is 23.1 Å². The van der Waals surface area contributed by atoms with Gasteiger partial charge in [0.25, 0.3) is 11.8 Å². The molecule has 0 aromatic heterocycles. The molecule has 10 nitrogen and oxygen atoms in total. The number of hydrogen-bond donors (Lipinski definition) is 2. The number of carbonyl (C=O) groups excluding carboxylic acids is 2. The molecule has 2 atom stereocenters. The molecule has 2 fully saturated rings. The van der Waals surface area contributed by atoms with E-state index in [1.165, 1.54) is 0 Å². The minimum atomic E-state index is -0.0313. The molecular formula is C35H42N4O6+2. The fourth-order valence-electron chi connectivity index (χ4n) is 6.67. The molecule has 4 heterocycles. The van der Waals surface area contributed by atoms with E-state index in [9.17, 15) is 9.59 Å². The molecule has 0 radical (unpaired) electrons. The number of rotatable bonds is 10. The fraction of sp³-hybridized carbons (Fsp3) is 0.429. The number of hydrogen-bond acceptors (Lipinski definition) is 6. The molecular weight excluding hydrogens is 572 g/mol. The predicted molar refractivity (Wildman–Crippen MR) is 171 cm³/mol. The van der Waals surface area contributed by atoms with Crippen LogP contribution in [-0.2, 0) is 0 Å². The van der Waals surface area contributed by atoms with Gasteiger partial charge in [0.2, 0.25) is 11.4 Å². The van der Waals surface area contributed by atoms with Crippen molar-refractivity contribution in [2.75, 3.05) is 40.5 Å². The maximum Gasteiger partial charge on any atom is 0.261 e. The van der Waals surface area contributed by atoms with Crippen molar-refractivity contribution in [1.82, 2.24) is 9.80 Å². The van der Waals surface area contributed by atoms with Crippen LogP contribution in [0.3, 0.4) is 0 Å². The lowest BCUT2D eigenvalue weighted by Gasteiger charge is -2.20. The molecule has 6 rings (SSSR count). The molecule has 2 aromatic carbocycles. The minimum absolute atomic E-state index is 0.000490. The van der Waals surface area contributed by atoms with Gasteiger partial charge >= 0.3 is 0 Å². The maximum absolute atomic E-state index is 13.3. The van der Waals surface area contributed by atoms with Gasteiger partial charge in [-0.2, -0.15) is 0 Å². The van der Waals surface area contributed by atoms with Crippen LogP contribution in [0, 0.1) is 0 Å². The molecule has 2 N–H and O–H groups in total. The second kappa shape index (κ2) is 12.4. The molecule has 236 valence electrons. The standard InChI is InChI=1S/C35H40N4O6/c1-20-12-28-22(3)36-26-16-32(30(42-5)14-24(26)34(40)38(28)18-20)44-10-8-7-9-11-45-33-17-27-25(15-31(33)43-6)35(41)39-19-21(2)13-29(39)23(4)37-27/h14-17,28-29H,1-2,7-13,18-19H2,3-6H3/p+2/t28-,29-/m0/s1. The highest BCUT2D eigenvalue weighted by atomic mass is 16.5. The van der Waals surface area contributed by atoms with E-state index in [1.807, 2.05) is 35.8 Å². The van der Waals surface area contributed by atoms with E-state index in [0.29, 0.717) is 60.4 Å². The summed E-state index contributed by atoms with van der Waals surface area (Å²) in [5, 5.41) is 0. The van der Waals surface area contributed by atoms with Crippen LogP contribution in [0.4, 0.5) is 11.4 Å². The fourth-order valence-corrected chi connectivity index (χ4v) is 6.67. The summed E-state index contributed by atoms with van der Waals surface area (Å²) in [4.78, 5) is 37.3. The third-order valence-electron chi connectivity index (χ3n) is 9.06. The molecule has 2 amide bonds. The van der Waals surface area contributed by atoms with Gasteiger partial charge in [-0.1, -0.05) is 24.3 Å². The smallest absolute Gasteiger partial charge is 0.261 e. The van der Waals surface area contributed by atoms with Crippen LogP contribution in [-0.4, -0.2) is 85.6 Å². The molecule has 10 heteroatoms. The topological polar surface area (TPSA) is 105 Å². The Bertz CT molecular complexity index is 1520. The van der Waals surface area contributed by atoms with Crippen LogP contribution < -0.4 is 28.9 Å². The van der Waals surface area contributed by atoms with Crippen molar-refractivity contribution in [3.8, 4) is 23.0 Å². The Balaban J connectivity index is 1.05. The summed E-state index contributed by atoms with van der Waals surface area (Å²) in [6, 6.07) is 7.25. The van der Waals surface area contributed by atoms with Crippen LogP contribution in [0.5, 0.6) is 23.0 Å². The van der Waals surface area contributed by atoms with Crippen molar-refractivity contribution in [1.29, 1.82) is 0 Å². The lowest BCUT2D eigenvalue weighted by molar-refractivity contribution is -0.357. The number of ether oxygens (including phenoxy) is 4. The number of fused-ring (bicyclic) bond motifs is 4. The SMILES string of the molecule is C=C1C[C@H]2C(C)=[NH+]c3cc(OCCCCCOc4cc5c(cc4OC)C(=O)N4CC(=C)C[C@H]4C(C)=[NH+]5)c(OC)cc3C(=O)N2C1. The van der Waals surface area contributed by atoms with Gasteiger partial charge in [0, 0.05) is 51.9 Å². The summed E-state index contributed by atoms with van der Waals surface area (Å²) in [7, 11) is 3.17. The number of nitrogens with one attached hydrogen (secondary N) is 2. The molecule has 2 saturated heterocycles. The Morgan fingerprint density at radius 1 is 0.689 bits per heavy atom. The van der Waals surface area contributed by atoms with Crippen LogP contribution in [0.1, 0.15) is 66.7 Å². The zero-order valence-corrected chi connectivity index (χ0v) is 26.6. The molecule has 45 heavy (non-hydrogen) atoms. The Labute approximate surface area is 264 Å². The van der Waals surface area contributed by atoms with Crippen LogP contribution in [0.2, 0.25) is 0 Å². The van der Waals surface area contributed by atoms with E-state index in [1.54, 1.807) is 26.4 Å². The van der Waals surface area contributed by atoms with Crippen molar-refractivity contribution < 1.29 is 38.5 Å². The third-order valence-corrected chi connectivity index (χ3v) is 9.06. The van der Waals surface area contributed by atoms with E-state index in [-0.39, 0.29) is 23.9 Å². The first-order chi connectivity index (χ1) is 21.7. The highest BCUT2D eigenvalue weighted by molar-refractivity contribution is 6.04. The first-order valence-corrected chi connectivity index (χ1v) is 15.5. The van der Waals surface area contributed by atoms with Crippen molar-refractivity contribution in [3.05, 3.63) is 59.7 Å². The minimum Gasteiger partial charge on any atom is -0.493 e. The molecule has 4 aliphatic rings. The van der Waals surface area contributed by atoms with Crippen molar-refractivity contribution in [2.45, 2.75) is 58.0 Å². The van der Waals surface area contributed by atoms with Gasteiger partial charge in [-0.05, 0) is 19.3 Å². The monoisotopic (exact) mass is 614 g/mol. The van der Waals surface area contributed by atoms with Crippen LogP contribution in [0.25, 0.3) is 0 Å². The number of benzene rings is 2. The molecule has 0 bridgehead atoms. The average Bonchev–Trinajstić information content (AvgIpc) is 3.58. The molecule has 0 saturated carbocycles. The van der Waals surface area contributed by atoms with Gasteiger partial charge in [-0.25, -0.2) is 9.98 Å². The normalized spacial score (nSPS) is 20.4. The van der Waals surface area contributed by atoms with Crippen molar-refractivity contribution in [2.24, 2.45) is 0 Å². The lowest BCUT2D eigenvalue weighted by atomic mass is 10.1. The Morgan fingerprint density at radius 2 is 1.11 bits per heavy atom. The highest BCUT2D eigenvalue weighted by Crippen LogP contribution is 2.36. The molecule has 0 aliphatic carbocycles. The summed E-state index contributed by atoms with van der Waals surface area (Å²) in [5.74, 6) is 2.19. The Hall–Kier alpha value is -4.60. The van der Waals surface area contributed by atoms with Crippen LogP contribution >= 0.6 is 0 Å². The summed E-state index contributed by atoms with van der Waals surface area (Å²) in [6.07, 6.45) is 4.05. The second-order valence-electron chi connectivity index (χ2n) is 12.3. The molecule has 2 aromatic rings. The van der Waals surface area contributed by atoms with E-state index < -0.39 is 0 Å². The maximum atomic E-state index is 13.3. The molecule has 0 spiro atoms. The Kier molecular flexibility index (Phi) is 8.40. The first-order valence-electron chi connectivity index (χ1n) is 15.5. The second-order valence-corrected chi connectivity index (χ2v) is 12.3. The van der Waals surface area contributed by atoms with Gasteiger partial charge in [-0.3, -0.25) is 9.59 Å². The predicted octanol–water partition coefficient (Wildman–Crippen LogP) is 2.25. The number of amides is 2. The van der Waals surface area contributed by atoms with E-state index in [4.69, 9.17) is 18.9 Å². The largest absolute Gasteiger partial charge is 0.493 e. The van der Waals surface area contributed by atoms with Crippen molar-refractivity contribution >= 4 is 34.6 Å². The average molecular weight is 615 g/mol. The quantitative estimate of drug-likeness (QED) is 0.314. The summed E-state index contributed by atoms with van der Waals surface area (Å²) in [5.41, 5.74) is 6.75. The molecule has 0 unspecified atom stereocenters. The van der Waals surface area contributed by atoms with Gasteiger partial charge in [-0.15, -0.1) is 0 Å². The van der Waals surface area contributed by atoms with Crippen LogP contribution in [0.15, 0.2) is 48.6 Å². The highest BCUT2D eigenvalue weighted by Gasteiger charge is 2.41.